The molecule has 18 heavy (non-hydrogen) atoms. The first-order valence-electron chi connectivity index (χ1n) is 7.04. The predicted octanol–water partition coefficient (Wildman–Crippen LogP) is 1.82. The summed E-state index contributed by atoms with van der Waals surface area (Å²) in [6.07, 6.45) is 9.93. The second-order valence-corrected chi connectivity index (χ2v) is 6.50. The summed E-state index contributed by atoms with van der Waals surface area (Å²) < 4.78 is 1.84. The lowest BCUT2D eigenvalue weighted by Gasteiger charge is -2.54. The standard InChI is InChI=1S/C14H19N3O/c15-12-6-16-14(18)17(7-12)13-10-2-8-1-9(4-10)5-11(13)3-8/h6-11,13H,1-5,15H2. The van der Waals surface area contributed by atoms with Gasteiger partial charge in [-0.05, 0) is 55.8 Å². The Balaban J connectivity index is 1.76. The van der Waals surface area contributed by atoms with Crippen LogP contribution in [0.25, 0.3) is 0 Å². The average Bonchev–Trinajstić information content (AvgIpc) is 2.32. The second-order valence-electron chi connectivity index (χ2n) is 6.50. The summed E-state index contributed by atoms with van der Waals surface area (Å²) in [4.78, 5) is 15.9. The molecule has 5 rings (SSSR count). The van der Waals surface area contributed by atoms with Gasteiger partial charge in [0.15, 0.2) is 0 Å². The van der Waals surface area contributed by atoms with Crippen molar-refractivity contribution in [1.82, 2.24) is 9.55 Å². The van der Waals surface area contributed by atoms with Gasteiger partial charge in [-0.15, -0.1) is 0 Å². The molecule has 1 aromatic heterocycles. The van der Waals surface area contributed by atoms with Crippen LogP contribution < -0.4 is 11.4 Å². The van der Waals surface area contributed by atoms with E-state index in [9.17, 15) is 4.79 Å². The van der Waals surface area contributed by atoms with Crippen molar-refractivity contribution in [1.29, 1.82) is 0 Å². The number of hydrogen-bond donors (Lipinski definition) is 1. The molecule has 96 valence electrons. The fourth-order valence-electron chi connectivity index (χ4n) is 5.01. The van der Waals surface area contributed by atoms with Crippen LogP contribution in [0.1, 0.15) is 38.1 Å². The first kappa shape index (κ1) is 10.6. The maximum Gasteiger partial charge on any atom is 0.347 e. The van der Waals surface area contributed by atoms with E-state index in [-0.39, 0.29) is 5.69 Å². The molecule has 0 aromatic carbocycles. The highest BCUT2D eigenvalue weighted by molar-refractivity contribution is 5.30. The van der Waals surface area contributed by atoms with Gasteiger partial charge >= 0.3 is 5.69 Å². The molecule has 4 bridgehead atoms. The van der Waals surface area contributed by atoms with Crippen LogP contribution in [0.3, 0.4) is 0 Å². The van der Waals surface area contributed by atoms with E-state index in [0.717, 1.165) is 11.8 Å². The summed E-state index contributed by atoms with van der Waals surface area (Å²) in [5.74, 6) is 3.21. The molecular weight excluding hydrogens is 226 g/mol. The number of nitrogen functional groups attached to an aromatic ring is 1. The summed E-state index contributed by atoms with van der Waals surface area (Å²) in [6, 6.07) is 0.362. The van der Waals surface area contributed by atoms with E-state index < -0.39 is 0 Å². The lowest BCUT2D eigenvalue weighted by molar-refractivity contribution is -0.0308. The molecular formula is C14H19N3O. The normalized spacial score (nSPS) is 41.2. The molecule has 0 aliphatic heterocycles. The third-order valence-electron chi connectivity index (χ3n) is 5.33. The van der Waals surface area contributed by atoms with E-state index in [2.05, 4.69) is 4.98 Å². The van der Waals surface area contributed by atoms with E-state index in [1.165, 1.54) is 38.3 Å². The van der Waals surface area contributed by atoms with Gasteiger partial charge in [-0.2, -0.15) is 4.98 Å². The number of hydrogen-bond acceptors (Lipinski definition) is 3. The van der Waals surface area contributed by atoms with Crippen LogP contribution in [0.15, 0.2) is 17.2 Å². The average molecular weight is 245 g/mol. The predicted molar refractivity (Wildman–Crippen MR) is 69.0 cm³/mol. The molecule has 0 saturated heterocycles. The number of nitrogens with two attached hydrogens (primary N) is 1. The summed E-state index contributed by atoms with van der Waals surface area (Å²) in [5.41, 5.74) is 6.28. The number of nitrogens with zero attached hydrogens (tertiary/aromatic N) is 2. The number of anilines is 1. The Morgan fingerprint density at radius 2 is 1.72 bits per heavy atom. The highest BCUT2D eigenvalue weighted by Crippen LogP contribution is 2.57. The van der Waals surface area contributed by atoms with Crippen molar-refractivity contribution >= 4 is 5.69 Å². The lowest BCUT2D eigenvalue weighted by atomic mass is 9.54. The zero-order chi connectivity index (χ0) is 12.3. The Kier molecular flexibility index (Phi) is 2.11. The summed E-state index contributed by atoms with van der Waals surface area (Å²) in [5, 5.41) is 0. The molecule has 4 fully saturated rings. The van der Waals surface area contributed by atoms with Crippen LogP contribution in [-0.4, -0.2) is 9.55 Å². The van der Waals surface area contributed by atoms with E-state index >= 15 is 0 Å². The Bertz CT molecular complexity index is 508. The van der Waals surface area contributed by atoms with Crippen LogP contribution in [0, 0.1) is 23.7 Å². The Morgan fingerprint density at radius 3 is 2.33 bits per heavy atom. The highest BCUT2D eigenvalue weighted by Gasteiger charge is 2.49. The Hall–Kier alpha value is -1.32. The minimum atomic E-state index is -0.123. The van der Waals surface area contributed by atoms with Crippen LogP contribution in [0.2, 0.25) is 0 Å². The molecule has 4 nitrogen and oxygen atoms in total. The monoisotopic (exact) mass is 245 g/mol. The smallest absolute Gasteiger partial charge is 0.347 e. The summed E-state index contributed by atoms with van der Waals surface area (Å²) >= 11 is 0. The lowest BCUT2D eigenvalue weighted by Crippen LogP contribution is -2.48. The largest absolute Gasteiger partial charge is 0.396 e. The minimum Gasteiger partial charge on any atom is -0.396 e. The van der Waals surface area contributed by atoms with Gasteiger partial charge < -0.3 is 5.73 Å². The molecule has 0 unspecified atom stereocenters. The maximum atomic E-state index is 12.0. The van der Waals surface area contributed by atoms with Crippen molar-refractivity contribution < 1.29 is 0 Å². The zero-order valence-electron chi connectivity index (χ0n) is 10.5. The van der Waals surface area contributed by atoms with Crippen molar-refractivity contribution in [2.75, 3.05) is 5.73 Å². The van der Waals surface area contributed by atoms with Gasteiger partial charge in [0.2, 0.25) is 0 Å². The molecule has 0 spiro atoms. The van der Waals surface area contributed by atoms with E-state index in [1.807, 2.05) is 10.8 Å². The quantitative estimate of drug-likeness (QED) is 0.821. The minimum absolute atomic E-state index is 0.123. The van der Waals surface area contributed by atoms with Crippen molar-refractivity contribution in [3.8, 4) is 0 Å². The molecule has 0 radical (unpaired) electrons. The molecule has 2 N–H and O–H groups in total. The number of rotatable bonds is 1. The molecule has 1 aromatic rings. The third kappa shape index (κ3) is 1.44. The molecule has 4 aliphatic rings. The molecule has 4 aliphatic carbocycles. The topological polar surface area (TPSA) is 60.9 Å². The van der Waals surface area contributed by atoms with Crippen molar-refractivity contribution in [3.63, 3.8) is 0 Å². The molecule has 0 amide bonds. The molecule has 4 heteroatoms. The zero-order valence-corrected chi connectivity index (χ0v) is 10.5. The van der Waals surface area contributed by atoms with E-state index in [0.29, 0.717) is 23.6 Å². The van der Waals surface area contributed by atoms with Gasteiger partial charge in [0, 0.05) is 12.2 Å². The molecule has 4 saturated carbocycles. The highest BCUT2D eigenvalue weighted by atomic mass is 16.1. The fraction of sp³-hybridized carbons (Fsp3) is 0.714. The Morgan fingerprint density at radius 1 is 1.11 bits per heavy atom. The van der Waals surface area contributed by atoms with Crippen LogP contribution >= 0.6 is 0 Å². The SMILES string of the molecule is Nc1cnc(=O)n(C2C3CC4CC(C3)CC2C4)c1. The van der Waals surface area contributed by atoms with Gasteiger partial charge in [-0.25, -0.2) is 4.79 Å². The van der Waals surface area contributed by atoms with Gasteiger partial charge in [-0.1, -0.05) is 0 Å². The van der Waals surface area contributed by atoms with Crippen LogP contribution in [-0.2, 0) is 0 Å². The third-order valence-corrected chi connectivity index (χ3v) is 5.33. The van der Waals surface area contributed by atoms with Gasteiger partial charge in [0.25, 0.3) is 0 Å². The van der Waals surface area contributed by atoms with Crippen LogP contribution in [0.4, 0.5) is 5.69 Å². The van der Waals surface area contributed by atoms with Gasteiger partial charge in [-0.3, -0.25) is 4.57 Å². The fourth-order valence-corrected chi connectivity index (χ4v) is 5.01. The second kappa shape index (κ2) is 3.59. The summed E-state index contributed by atoms with van der Waals surface area (Å²) in [7, 11) is 0. The first-order valence-corrected chi connectivity index (χ1v) is 7.04. The van der Waals surface area contributed by atoms with Crippen molar-refractivity contribution in [2.45, 2.75) is 38.1 Å². The van der Waals surface area contributed by atoms with Gasteiger partial charge in [0.05, 0.1) is 11.9 Å². The number of aromatic nitrogens is 2. The Labute approximate surface area is 106 Å². The van der Waals surface area contributed by atoms with E-state index in [1.54, 1.807) is 0 Å². The van der Waals surface area contributed by atoms with Crippen molar-refractivity contribution in [2.24, 2.45) is 23.7 Å². The summed E-state index contributed by atoms with van der Waals surface area (Å²) in [6.45, 7) is 0. The molecule has 0 atom stereocenters. The first-order chi connectivity index (χ1) is 8.70. The molecule has 1 heterocycles. The van der Waals surface area contributed by atoms with E-state index in [4.69, 9.17) is 5.73 Å². The maximum absolute atomic E-state index is 12.0. The van der Waals surface area contributed by atoms with Crippen molar-refractivity contribution in [3.05, 3.63) is 22.9 Å². The van der Waals surface area contributed by atoms with Gasteiger partial charge in [0.1, 0.15) is 0 Å². The van der Waals surface area contributed by atoms with Crippen LogP contribution in [0.5, 0.6) is 0 Å².